The van der Waals surface area contributed by atoms with Crippen molar-refractivity contribution in [3.63, 3.8) is 0 Å². The van der Waals surface area contributed by atoms with Crippen molar-refractivity contribution in [2.45, 2.75) is 19.3 Å². The molecule has 1 atom stereocenters. The number of nitrogens with zero attached hydrogens (tertiary/aromatic N) is 2. The molecule has 0 fully saturated rings. The fraction of sp³-hybridized carbons (Fsp3) is 0.150. The molecule has 2 N–H and O–H groups in total. The standard InChI is InChI=1S/C20H15FN4O4/c1-10-6-17(15-8-12(25(28)29)3-5-16(15)22-10)24-20(27)14-9-19(26)23-18-7-11(21)2-4-13(14)18/h2-8,14H,9H2,1H3,(H,23,26)(H,22,24,27). The Morgan fingerprint density at radius 3 is 2.83 bits per heavy atom. The van der Waals surface area contributed by atoms with E-state index in [9.17, 15) is 24.1 Å². The first kappa shape index (κ1) is 18.5. The van der Waals surface area contributed by atoms with Crippen LogP contribution in [0.25, 0.3) is 10.9 Å². The van der Waals surface area contributed by atoms with E-state index in [2.05, 4.69) is 15.6 Å². The molecule has 9 heteroatoms. The number of aromatic nitrogens is 1. The highest BCUT2D eigenvalue weighted by Gasteiger charge is 2.31. The summed E-state index contributed by atoms with van der Waals surface area (Å²) in [6.45, 7) is 1.74. The van der Waals surface area contributed by atoms with Crippen LogP contribution >= 0.6 is 0 Å². The maximum absolute atomic E-state index is 13.5. The van der Waals surface area contributed by atoms with Gasteiger partial charge in [0.15, 0.2) is 0 Å². The summed E-state index contributed by atoms with van der Waals surface area (Å²) in [5.41, 5.74) is 2.10. The number of nitro groups is 1. The van der Waals surface area contributed by atoms with Crippen LogP contribution in [-0.2, 0) is 9.59 Å². The first-order valence-corrected chi connectivity index (χ1v) is 8.78. The molecule has 2 heterocycles. The van der Waals surface area contributed by atoms with Gasteiger partial charge in [0.05, 0.1) is 22.0 Å². The normalized spacial score (nSPS) is 15.5. The molecule has 0 bridgehead atoms. The number of amides is 2. The predicted octanol–water partition coefficient (Wildman–Crippen LogP) is 3.66. The van der Waals surface area contributed by atoms with Crippen molar-refractivity contribution in [3.8, 4) is 0 Å². The minimum atomic E-state index is -0.818. The summed E-state index contributed by atoms with van der Waals surface area (Å²) in [6.07, 6.45) is -0.0907. The average Bonchev–Trinajstić information content (AvgIpc) is 2.66. The molecule has 2 aromatic carbocycles. The van der Waals surface area contributed by atoms with Gasteiger partial charge in [-0.1, -0.05) is 6.07 Å². The maximum atomic E-state index is 13.5. The quantitative estimate of drug-likeness (QED) is 0.520. The van der Waals surface area contributed by atoms with E-state index in [-0.39, 0.29) is 17.8 Å². The van der Waals surface area contributed by atoms with Crippen molar-refractivity contribution in [1.82, 2.24) is 4.98 Å². The first-order chi connectivity index (χ1) is 13.8. The Bertz CT molecular complexity index is 1190. The van der Waals surface area contributed by atoms with E-state index in [0.717, 1.165) is 0 Å². The highest BCUT2D eigenvalue weighted by molar-refractivity contribution is 6.08. The molecule has 0 radical (unpaired) electrons. The summed E-state index contributed by atoms with van der Waals surface area (Å²) < 4.78 is 13.5. The van der Waals surface area contributed by atoms with Crippen molar-refractivity contribution in [3.05, 3.63) is 69.7 Å². The zero-order chi connectivity index (χ0) is 20.7. The Kier molecular flexibility index (Phi) is 4.42. The minimum Gasteiger partial charge on any atom is -0.326 e. The van der Waals surface area contributed by atoms with Crippen molar-refractivity contribution in [2.24, 2.45) is 0 Å². The van der Waals surface area contributed by atoms with Crippen LogP contribution in [0.15, 0.2) is 42.5 Å². The van der Waals surface area contributed by atoms with Crippen molar-refractivity contribution in [2.75, 3.05) is 10.6 Å². The van der Waals surface area contributed by atoms with Gasteiger partial charge in [-0.25, -0.2) is 4.39 Å². The predicted molar refractivity (Wildman–Crippen MR) is 104 cm³/mol. The van der Waals surface area contributed by atoms with Crippen LogP contribution in [0.3, 0.4) is 0 Å². The van der Waals surface area contributed by atoms with Gasteiger partial charge in [-0.15, -0.1) is 0 Å². The van der Waals surface area contributed by atoms with Crippen LogP contribution in [0.4, 0.5) is 21.5 Å². The number of non-ortho nitro benzene ring substituents is 1. The van der Waals surface area contributed by atoms with Crippen LogP contribution in [0.5, 0.6) is 0 Å². The van der Waals surface area contributed by atoms with E-state index in [1.165, 1.54) is 36.4 Å². The number of pyridine rings is 1. The molecule has 3 aromatic rings. The second-order valence-corrected chi connectivity index (χ2v) is 6.80. The van der Waals surface area contributed by atoms with Crippen LogP contribution < -0.4 is 10.6 Å². The largest absolute Gasteiger partial charge is 0.326 e. The number of halogens is 1. The third kappa shape index (κ3) is 3.49. The fourth-order valence-corrected chi connectivity index (χ4v) is 3.45. The number of anilines is 2. The molecule has 29 heavy (non-hydrogen) atoms. The third-order valence-corrected chi connectivity index (χ3v) is 4.76. The molecular formula is C20H15FN4O4. The highest BCUT2D eigenvalue weighted by atomic mass is 19.1. The number of rotatable bonds is 3. The number of carbonyl (C=O) groups excluding carboxylic acids is 2. The first-order valence-electron chi connectivity index (χ1n) is 8.78. The van der Waals surface area contributed by atoms with Gasteiger partial charge in [-0.05, 0) is 36.8 Å². The van der Waals surface area contributed by atoms with Crippen LogP contribution in [-0.4, -0.2) is 21.7 Å². The number of aryl methyl sites for hydroxylation is 1. The summed E-state index contributed by atoms with van der Waals surface area (Å²) in [5.74, 6) is -2.20. The Hall–Kier alpha value is -3.88. The summed E-state index contributed by atoms with van der Waals surface area (Å²) >= 11 is 0. The molecule has 0 spiro atoms. The lowest BCUT2D eigenvalue weighted by Gasteiger charge is -2.25. The summed E-state index contributed by atoms with van der Waals surface area (Å²) in [7, 11) is 0. The number of hydrogen-bond donors (Lipinski definition) is 2. The number of fused-ring (bicyclic) bond motifs is 2. The Labute approximate surface area is 163 Å². The van der Waals surface area contributed by atoms with Gasteiger partial charge in [0.25, 0.3) is 5.69 Å². The molecule has 0 aliphatic carbocycles. The molecule has 2 amide bonds. The van der Waals surface area contributed by atoms with Crippen LogP contribution in [0.1, 0.15) is 23.6 Å². The summed E-state index contributed by atoms with van der Waals surface area (Å²) in [4.78, 5) is 39.9. The zero-order valence-electron chi connectivity index (χ0n) is 15.2. The van der Waals surface area contributed by atoms with Gasteiger partial charge in [0, 0.05) is 35.3 Å². The minimum absolute atomic E-state index is 0.0907. The second-order valence-electron chi connectivity index (χ2n) is 6.80. The van der Waals surface area contributed by atoms with E-state index in [1.54, 1.807) is 13.0 Å². The number of nitro benzene ring substituents is 1. The smallest absolute Gasteiger partial charge is 0.270 e. The molecule has 0 saturated heterocycles. The SMILES string of the molecule is Cc1cc(NC(=O)C2CC(=O)Nc3cc(F)ccc32)c2cc([N+](=O)[O-])ccc2n1. The van der Waals surface area contributed by atoms with Gasteiger partial charge in [-0.2, -0.15) is 0 Å². The zero-order valence-corrected chi connectivity index (χ0v) is 15.2. The lowest BCUT2D eigenvalue weighted by molar-refractivity contribution is -0.384. The lowest BCUT2D eigenvalue weighted by atomic mass is 9.89. The topological polar surface area (TPSA) is 114 Å². The molecule has 146 valence electrons. The van der Waals surface area contributed by atoms with Crippen LogP contribution in [0.2, 0.25) is 0 Å². The Morgan fingerprint density at radius 2 is 2.07 bits per heavy atom. The van der Waals surface area contributed by atoms with E-state index in [0.29, 0.717) is 27.8 Å². The second kappa shape index (κ2) is 6.93. The number of benzene rings is 2. The summed E-state index contributed by atoms with van der Waals surface area (Å²) in [5, 5.41) is 16.9. The molecule has 0 saturated carbocycles. The third-order valence-electron chi connectivity index (χ3n) is 4.76. The highest BCUT2D eigenvalue weighted by Crippen LogP contribution is 2.35. The van der Waals surface area contributed by atoms with Crippen molar-refractivity contribution >= 4 is 39.8 Å². The number of nitrogens with one attached hydrogen (secondary N) is 2. The van der Waals surface area contributed by atoms with Gasteiger partial charge < -0.3 is 10.6 Å². The fourth-order valence-electron chi connectivity index (χ4n) is 3.45. The molecule has 4 rings (SSSR count). The van der Waals surface area contributed by atoms with E-state index >= 15 is 0 Å². The van der Waals surface area contributed by atoms with Crippen molar-refractivity contribution in [1.29, 1.82) is 0 Å². The van der Waals surface area contributed by atoms with Gasteiger partial charge in [-0.3, -0.25) is 24.7 Å². The van der Waals surface area contributed by atoms with E-state index < -0.39 is 28.5 Å². The molecular weight excluding hydrogens is 379 g/mol. The van der Waals surface area contributed by atoms with E-state index in [1.807, 2.05) is 0 Å². The molecule has 1 unspecified atom stereocenters. The number of hydrogen-bond acceptors (Lipinski definition) is 5. The van der Waals surface area contributed by atoms with Gasteiger partial charge in [0.2, 0.25) is 11.8 Å². The van der Waals surface area contributed by atoms with Crippen LogP contribution in [0, 0.1) is 22.9 Å². The molecule has 1 aromatic heterocycles. The van der Waals surface area contributed by atoms with Gasteiger partial charge >= 0.3 is 0 Å². The monoisotopic (exact) mass is 394 g/mol. The number of carbonyl (C=O) groups is 2. The van der Waals surface area contributed by atoms with Crippen molar-refractivity contribution < 1.29 is 18.9 Å². The Morgan fingerprint density at radius 1 is 1.28 bits per heavy atom. The average molecular weight is 394 g/mol. The maximum Gasteiger partial charge on any atom is 0.270 e. The Balaban J connectivity index is 1.74. The summed E-state index contributed by atoms with van der Waals surface area (Å²) in [6, 6.07) is 9.68. The molecule has 8 nitrogen and oxygen atoms in total. The molecule has 1 aliphatic heterocycles. The van der Waals surface area contributed by atoms with Gasteiger partial charge in [0.1, 0.15) is 5.82 Å². The van der Waals surface area contributed by atoms with E-state index in [4.69, 9.17) is 0 Å². The lowest BCUT2D eigenvalue weighted by Crippen LogP contribution is -2.31. The molecule has 1 aliphatic rings.